The summed E-state index contributed by atoms with van der Waals surface area (Å²) in [6, 6.07) is -1.06. The van der Waals surface area contributed by atoms with Crippen LogP contribution in [0.25, 0.3) is 0 Å². The fourth-order valence-electron chi connectivity index (χ4n) is 2.65. The maximum absolute atomic E-state index is 12.5. The molecule has 3 amide bonds. The Morgan fingerprint density at radius 1 is 1.31 bits per heavy atom. The number of nitrogens with one attached hydrogen (secondary N) is 2. The Hall–Kier alpha value is -2.34. The number of carboxylic acids is 1. The van der Waals surface area contributed by atoms with E-state index in [-0.39, 0.29) is 25.5 Å². The van der Waals surface area contributed by atoms with Crippen molar-refractivity contribution in [1.82, 2.24) is 15.7 Å². The number of esters is 1. The molecule has 2 saturated heterocycles. The van der Waals surface area contributed by atoms with E-state index < -0.39 is 40.8 Å². The monoisotopic (exact) mass is 389 g/mol. The number of cyclic esters (lactones) is 1. The Morgan fingerprint density at radius 3 is 2.58 bits per heavy atom. The second kappa shape index (κ2) is 7.91. The number of carboxylic acid groups (broad SMARTS) is 1. The molecule has 0 aromatic carbocycles. The van der Waals surface area contributed by atoms with Crippen LogP contribution < -0.4 is 10.6 Å². The summed E-state index contributed by atoms with van der Waals surface area (Å²) in [6.45, 7) is 2.53. The van der Waals surface area contributed by atoms with Gasteiger partial charge in [0, 0.05) is 26.1 Å². The van der Waals surface area contributed by atoms with Crippen molar-refractivity contribution in [2.75, 3.05) is 18.9 Å². The molecule has 0 spiro atoms. The van der Waals surface area contributed by atoms with E-state index in [2.05, 4.69) is 10.6 Å². The largest absolute Gasteiger partial charge is 0.477 e. The minimum absolute atomic E-state index is 0.241. The standard InChI is InChI=1S/C14H19N3O8S/c1-7(18)15-3-4-26-10-5-11(20)25-14(10,13(22)23)17-12(21)9(6-24-17)16-8(2)19/h9-10H,3-6H2,1-2H3,(H,15,18)(H,16,19)(H,22,23)/t9-,10?,14?/m0/s1. The summed E-state index contributed by atoms with van der Waals surface area (Å²) in [5.41, 5.74) is -2.33. The van der Waals surface area contributed by atoms with Crippen LogP contribution in [0.2, 0.25) is 0 Å². The average Bonchev–Trinajstić information content (AvgIpc) is 3.05. The van der Waals surface area contributed by atoms with E-state index in [0.717, 1.165) is 11.8 Å². The molecule has 2 aliphatic rings. The van der Waals surface area contributed by atoms with E-state index in [1.807, 2.05) is 0 Å². The molecule has 26 heavy (non-hydrogen) atoms. The van der Waals surface area contributed by atoms with Crippen molar-refractivity contribution in [3.8, 4) is 0 Å². The Balaban J connectivity index is 2.19. The summed E-state index contributed by atoms with van der Waals surface area (Å²) >= 11 is 1.07. The van der Waals surface area contributed by atoms with Crippen LogP contribution in [-0.4, -0.2) is 75.8 Å². The van der Waals surface area contributed by atoms with E-state index >= 15 is 0 Å². The molecule has 2 fully saturated rings. The van der Waals surface area contributed by atoms with Crippen molar-refractivity contribution in [2.45, 2.75) is 37.3 Å². The van der Waals surface area contributed by atoms with E-state index in [9.17, 15) is 29.1 Å². The number of ether oxygens (including phenoxy) is 1. The van der Waals surface area contributed by atoms with Gasteiger partial charge in [-0.3, -0.25) is 24.0 Å². The smallest absolute Gasteiger partial charge is 0.373 e. The third kappa shape index (κ3) is 3.90. The van der Waals surface area contributed by atoms with E-state index in [4.69, 9.17) is 9.57 Å². The van der Waals surface area contributed by atoms with Crippen LogP contribution in [0.1, 0.15) is 20.3 Å². The Kier molecular flexibility index (Phi) is 6.08. The van der Waals surface area contributed by atoms with Crippen molar-refractivity contribution in [3.05, 3.63) is 0 Å². The first-order valence-corrected chi connectivity index (χ1v) is 8.78. The first-order chi connectivity index (χ1) is 12.2. The van der Waals surface area contributed by atoms with Gasteiger partial charge in [-0.15, -0.1) is 11.8 Å². The molecule has 0 aromatic heterocycles. The maximum Gasteiger partial charge on any atom is 0.373 e. The summed E-state index contributed by atoms with van der Waals surface area (Å²) in [6.07, 6.45) is -0.241. The van der Waals surface area contributed by atoms with Crippen LogP contribution in [0.4, 0.5) is 0 Å². The lowest BCUT2D eigenvalue weighted by molar-refractivity contribution is -0.255. The molecule has 0 bridgehead atoms. The van der Waals surface area contributed by atoms with E-state index in [1.165, 1.54) is 13.8 Å². The number of hydrogen-bond acceptors (Lipinski definition) is 8. The number of carbonyl (C=O) groups excluding carboxylic acids is 4. The molecular weight excluding hydrogens is 370 g/mol. The van der Waals surface area contributed by atoms with E-state index in [0.29, 0.717) is 10.8 Å². The topological polar surface area (TPSA) is 151 Å². The van der Waals surface area contributed by atoms with Crippen LogP contribution in [0.5, 0.6) is 0 Å². The number of carbonyl (C=O) groups is 5. The van der Waals surface area contributed by atoms with E-state index in [1.54, 1.807) is 0 Å². The zero-order valence-corrected chi connectivity index (χ0v) is 15.0. The number of hydrogen-bond donors (Lipinski definition) is 3. The quantitative estimate of drug-likeness (QED) is 0.339. The highest BCUT2D eigenvalue weighted by molar-refractivity contribution is 8.00. The summed E-state index contributed by atoms with van der Waals surface area (Å²) < 4.78 is 5.03. The van der Waals surface area contributed by atoms with Gasteiger partial charge in [-0.25, -0.2) is 4.79 Å². The van der Waals surface area contributed by atoms with Gasteiger partial charge < -0.3 is 20.5 Å². The van der Waals surface area contributed by atoms with Gasteiger partial charge in [0.15, 0.2) is 0 Å². The maximum atomic E-state index is 12.5. The van der Waals surface area contributed by atoms with Crippen LogP contribution in [0.3, 0.4) is 0 Å². The lowest BCUT2D eigenvalue weighted by Crippen LogP contribution is -2.61. The zero-order valence-electron chi connectivity index (χ0n) is 14.1. The van der Waals surface area contributed by atoms with Gasteiger partial charge in [-0.05, 0) is 0 Å². The van der Waals surface area contributed by atoms with Gasteiger partial charge in [-0.2, -0.15) is 5.06 Å². The van der Waals surface area contributed by atoms with Crippen LogP contribution >= 0.6 is 11.8 Å². The lowest BCUT2D eigenvalue weighted by Gasteiger charge is -2.35. The molecule has 11 nitrogen and oxygen atoms in total. The fraction of sp³-hybridized carbons (Fsp3) is 0.643. The van der Waals surface area contributed by atoms with Crippen molar-refractivity contribution >= 4 is 41.4 Å². The Morgan fingerprint density at radius 2 is 2.00 bits per heavy atom. The van der Waals surface area contributed by atoms with Crippen molar-refractivity contribution in [2.24, 2.45) is 0 Å². The third-order valence-electron chi connectivity index (χ3n) is 3.71. The molecule has 144 valence electrons. The fourth-order valence-corrected chi connectivity index (χ4v) is 3.87. The predicted molar refractivity (Wildman–Crippen MR) is 86.4 cm³/mol. The van der Waals surface area contributed by atoms with Gasteiger partial charge in [0.25, 0.3) is 5.91 Å². The molecule has 2 aliphatic heterocycles. The molecule has 0 radical (unpaired) electrons. The second-order valence-corrected chi connectivity index (χ2v) is 7.01. The molecule has 3 atom stereocenters. The van der Waals surface area contributed by atoms with Gasteiger partial charge in [-0.1, -0.05) is 0 Å². The minimum atomic E-state index is -2.33. The number of aliphatic carboxylic acids is 1. The highest BCUT2D eigenvalue weighted by atomic mass is 32.2. The Labute approximate surface area is 152 Å². The highest BCUT2D eigenvalue weighted by Gasteiger charge is 2.65. The molecule has 0 aromatic rings. The summed E-state index contributed by atoms with van der Waals surface area (Å²) in [4.78, 5) is 63.5. The number of amides is 3. The molecule has 0 aliphatic carbocycles. The number of hydroxylamine groups is 2. The van der Waals surface area contributed by atoms with Gasteiger partial charge in [0.2, 0.25) is 11.8 Å². The highest BCUT2D eigenvalue weighted by Crippen LogP contribution is 2.41. The third-order valence-corrected chi connectivity index (χ3v) is 5.04. The van der Waals surface area contributed by atoms with Crippen LogP contribution in [-0.2, 0) is 33.5 Å². The second-order valence-electron chi connectivity index (χ2n) is 5.70. The number of thioether (sulfide) groups is 1. The Bertz CT molecular complexity index is 642. The molecule has 12 heteroatoms. The van der Waals surface area contributed by atoms with Crippen LogP contribution in [0.15, 0.2) is 0 Å². The normalized spacial score (nSPS) is 28.0. The molecule has 3 N–H and O–H groups in total. The van der Waals surface area contributed by atoms with Crippen LogP contribution in [0, 0.1) is 0 Å². The summed E-state index contributed by atoms with van der Waals surface area (Å²) in [5, 5.41) is 14.2. The predicted octanol–water partition coefficient (Wildman–Crippen LogP) is -1.77. The van der Waals surface area contributed by atoms with Crippen molar-refractivity contribution < 1.29 is 38.7 Å². The first-order valence-electron chi connectivity index (χ1n) is 7.73. The molecule has 2 rings (SSSR count). The SMILES string of the molecule is CC(=O)NCCSC1CC(=O)OC1(C(=O)O)N1OC[C@H](NC(C)=O)C1=O. The zero-order chi connectivity index (χ0) is 19.5. The van der Waals surface area contributed by atoms with Gasteiger partial charge in [0.05, 0.1) is 11.7 Å². The number of nitrogens with zero attached hydrogens (tertiary/aromatic N) is 1. The average molecular weight is 389 g/mol. The molecular formula is C14H19N3O8S. The number of rotatable bonds is 7. The van der Waals surface area contributed by atoms with Gasteiger partial charge >= 0.3 is 17.7 Å². The summed E-state index contributed by atoms with van der Waals surface area (Å²) in [5.74, 6) is -3.59. The van der Waals surface area contributed by atoms with Gasteiger partial charge in [0.1, 0.15) is 12.6 Å². The lowest BCUT2D eigenvalue weighted by atomic mass is 10.1. The van der Waals surface area contributed by atoms with Crippen molar-refractivity contribution in [1.29, 1.82) is 0 Å². The minimum Gasteiger partial charge on any atom is -0.477 e. The van der Waals surface area contributed by atoms with Crippen molar-refractivity contribution in [3.63, 3.8) is 0 Å². The molecule has 2 unspecified atom stereocenters. The first kappa shape index (κ1) is 20.0. The molecule has 2 heterocycles. The molecule has 0 saturated carbocycles. The summed E-state index contributed by atoms with van der Waals surface area (Å²) in [7, 11) is 0.